The largest absolute Gasteiger partial charge is 0.340 e. The summed E-state index contributed by atoms with van der Waals surface area (Å²) in [5, 5.41) is 10.6. The highest BCUT2D eigenvalue weighted by molar-refractivity contribution is 7.92. The zero-order valence-corrected chi connectivity index (χ0v) is 20.4. The van der Waals surface area contributed by atoms with Gasteiger partial charge in [-0.05, 0) is 69.7 Å². The average molecular weight is 479 g/mol. The van der Waals surface area contributed by atoms with Gasteiger partial charge in [-0.3, -0.25) is 9.40 Å². The summed E-state index contributed by atoms with van der Waals surface area (Å²) < 4.78 is 29.9. The first kappa shape index (κ1) is 23.2. The van der Waals surface area contributed by atoms with E-state index in [0.717, 1.165) is 11.3 Å². The van der Waals surface area contributed by atoms with E-state index >= 15 is 0 Å². The Bertz CT molecular complexity index is 1450. The Labute approximate surface area is 198 Å². The first-order valence-electron chi connectivity index (χ1n) is 10.6. The molecule has 0 bridgehead atoms. The molecule has 4 rings (SSSR count). The summed E-state index contributed by atoms with van der Waals surface area (Å²) in [6.45, 7) is 7.20. The second-order valence-corrected chi connectivity index (χ2v) is 9.58. The topological polar surface area (TPSA) is 127 Å². The first-order valence-corrected chi connectivity index (χ1v) is 12.0. The van der Waals surface area contributed by atoms with Crippen LogP contribution < -0.4 is 15.4 Å². The van der Waals surface area contributed by atoms with E-state index in [4.69, 9.17) is 0 Å². The van der Waals surface area contributed by atoms with Crippen LogP contribution in [-0.2, 0) is 17.1 Å². The number of pyridine rings is 1. The van der Waals surface area contributed by atoms with Gasteiger partial charge in [0, 0.05) is 30.7 Å². The molecular weight excluding hydrogens is 452 g/mol. The van der Waals surface area contributed by atoms with Gasteiger partial charge in [0.1, 0.15) is 28.2 Å². The molecule has 0 unspecified atom stereocenters. The van der Waals surface area contributed by atoms with Gasteiger partial charge >= 0.3 is 0 Å². The normalized spacial score (nSPS) is 11.3. The number of hydrogen-bond donors (Lipinski definition) is 3. The monoisotopic (exact) mass is 478 g/mol. The van der Waals surface area contributed by atoms with Crippen LogP contribution in [0.2, 0.25) is 0 Å². The molecule has 3 aromatic heterocycles. The molecule has 11 heteroatoms. The molecule has 0 saturated carbocycles. The Morgan fingerprint density at radius 2 is 1.47 bits per heavy atom. The van der Waals surface area contributed by atoms with Crippen LogP contribution in [0.1, 0.15) is 22.8 Å². The molecule has 0 aliphatic heterocycles. The van der Waals surface area contributed by atoms with Gasteiger partial charge in [0.25, 0.3) is 10.0 Å². The molecule has 10 nitrogen and oxygen atoms in total. The molecular formula is C23H26N8O2S. The predicted octanol–water partition coefficient (Wildman–Crippen LogP) is 4.13. The van der Waals surface area contributed by atoms with Crippen molar-refractivity contribution in [3.8, 4) is 0 Å². The maximum Gasteiger partial charge on any atom is 0.265 e. The van der Waals surface area contributed by atoms with E-state index in [1.165, 1.54) is 0 Å². The predicted molar refractivity (Wildman–Crippen MR) is 132 cm³/mol. The SMILES string of the molecule is Cc1ccnc(Nc2cc(Nc3ccc(NS(=O)(=O)c4c(C)nn(C)c4C)cc3)nc(C)n2)c1. The fraction of sp³-hybridized carbons (Fsp3) is 0.217. The van der Waals surface area contributed by atoms with Gasteiger partial charge in [-0.25, -0.2) is 23.4 Å². The van der Waals surface area contributed by atoms with Crippen molar-refractivity contribution in [1.82, 2.24) is 24.7 Å². The number of benzene rings is 1. The van der Waals surface area contributed by atoms with E-state index in [2.05, 4.69) is 35.4 Å². The Kier molecular flexibility index (Phi) is 6.20. The maximum atomic E-state index is 12.9. The minimum atomic E-state index is -3.76. The van der Waals surface area contributed by atoms with Crippen molar-refractivity contribution in [1.29, 1.82) is 0 Å². The summed E-state index contributed by atoms with van der Waals surface area (Å²) in [6.07, 6.45) is 1.73. The quantitative estimate of drug-likeness (QED) is 0.362. The van der Waals surface area contributed by atoms with E-state index in [0.29, 0.717) is 40.4 Å². The van der Waals surface area contributed by atoms with Gasteiger partial charge in [-0.2, -0.15) is 5.10 Å². The standard InChI is InChI=1S/C23H26N8O2S/c1-14-10-11-24-20(12-14)28-22-13-21(25-17(4)26-22)27-18-6-8-19(9-7-18)30-34(32,33)23-15(2)29-31(5)16(23)3/h6-13,30H,1-5H3,(H2,24,25,26,27,28). The lowest BCUT2D eigenvalue weighted by Crippen LogP contribution is -2.14. The molecule has 34 heavy (non-hydrogen) atoms. The second kappa shape index (κ2) is 9.10. The summed E-state index contributed by atoms with van der Waals surface area (Å²) in [4.78, 5) is 13.3. The number of sulfonamides is 1. The van der Waals surface area contributed by atoms with E-state index in [-0.39, 0.29) is 4.90 Å². The molecule has 3 heterocycles. The van der Waals surface area contributed by atoms with E-state index < -0.39 is 10.0 Å². The Morgan fingerprint density at radius 1 is 0.824 bits per heavy atom. The number of aromatic nitrogens is 5. The smallest absolute Gasteiger partial charge is 0.265 e. The summed E-state index contributed by atoms with van der Waals surface area (Å²) in [5.74, 6) is 2.49. The highest BCUT2D eigenvalue weighted by Gasteiger charge is 2.23. The van der Waals surface area contributed by atoms with Crippen LogP contribution in [0.15, 0.2) is 53.6 Å². The third-order valence-electron chi connectivity index (χ3n) is 5.13. The number of rotatable bonds is 7. The molecule has 0 spiro atoms. The average Bonchev–Trinajstić information content (AvgIpc) is 3.01. The molecule has 0 saturated heterocycles. The molecule has 0 atom stereocenters. The number of nitrogens with one attached hydrogen (secondary N) is 3. The molecule has 3 N–H and O–H groups in total. The zero-order chi connectivity index (χ0) is 24.5. The summed E-state index contributed by atoms with van der Waals surface area (Å²) >= 11 is 0. The summed E-state index contributed by atoms with van der Waals surface area (Å²) in [6, 6.07) is 12.5. The second-order valence-electron chi connectivity index (χ2n) is 7.96. The van der Waals surface area contributed by atoms with Crippen LogP contribution in [-0.4, -0.2) is 33.2 Å². The van der Waals surface area contributed by atoms with Crippen LogP contribution in [0.4, 0.5) is 28.8 Å². The van der Waals surface area contributed by atoms with Gasteiger partial charge in [-0.15, -0.1) is 0 Å². The van der Waals surface area contributed by atoms with Crippen molar-refractivity contribution >= 4 is 38.9 Å². The lowest BCUT2D eigenvalue weighted by molar-refractivity contribution is 0.599. The molecule has 1 aromatic carbocycles. The van der Waals surface area contributed by atoms with Gasteiger partial charge in [0.15, 0.2) is 0 Å². The molecule has 0 amide bonds. The molecule has 0 radical (unpaired) electrons. The van der Waals surface area contributed by atoms with Crippen molar-refractivity contribution in [2.24, 2.45) is 7.05 Å². The Balaban J connectivity index is 1.49. The number of hydrogen-bond acceptors (Lipinski definition) is 8. The van der Waals surface area contributed by atoms with Gasteiger partial charge in [0.05, 0.1) is 11.4 Å². The van der Waals surface area contributed by atoms with E-state index in [9.17, 15) is 8.42 Å². The van der Waals surface area contributed by atoms with Crippen LogP contribution in [0.3, 0.4) is 0 Å². The number of nitrogens with zero attached hydrogens (tertiary/aromatic N) is 5. The lowest BCUT2D eigenvalue weighted by Gasteiger charge is -2.12. The molecule has 176 valence electrons. The zero-order valence-electron chi connectivity index (χ0n) is 19.6. The van der Waals surface area contributed by atoms with Crippen LogP contribution >= 0.6 is 0 Å². The third-order valence-corrected chi connectivity index (χ3v) is 6.76. The van der Waals surface area contributed by atoms with Crippen LogP contribution in [0, 0.1) is 27.7 Å². The number of anilines is 5. The van der Waals surface area contributed by atoms with Gasteiger partial charge in [-0.1, -0.05) is 0 Å². The minimum Gasteiger partial charge on any atom is -0.340 e. The minimum absolute atomic E-state index is 0.191. The van der Waals surface area contributed by atoms with Gasteiger partial charge in [0.2, 0.25) is 0 Å². The lowest BCUT2D eigenvalue weighted by atomic mass is 10.3. The molecule has 0 aliphatic rings. The molecule has 0 fully saturated rings. The molecule has 4 aromatic rings. The van der Waals surface area contributed by atoms with Crippen molar-refractivity contribution in [3.63, 3.8) is 0 Å². The summed E-state index contributed by atoms with van der Waals surface area (Å²) in [7, 11) is -2.04. The van der Waals surface area contributed by atoms with Crippen molar-refractivity contribution in [2.45, 2.75) is 32.6 Å². The van der Waals surface area contributed by atoms with E-state index in [1.807, 2.05) is 19.1 Å². The Hall–Kier alpha value is -3.99. The first-order chi connectivity index (χ1) is 16.1. The van der Waals surface area contributed by atoms with Crippen molar-refractivity contribution in [3.05, 3.63) is 71.4 Å². The van der Waals surface area contributed by atoms with Crippen molar-refractivity contribution < 1.29 is 8.42 Å². The third kappa shape index (κ3) is 5.15. The Morgan fingerprint density at radius 3 is 2.09 bits per heavy atom. The fourth-order valence-corrected chi connectivity index (χ4v) is 5.05. The number of aryl methyl sites for hydroxylation is 4. The highest BCUT2D eigenvalue weighted by Crippen LogP contribution is 2.25. The van der Waals surface area contributed by atoms with E-state index in [1.54, 1.807) is 69.0 Å². The fourth-order valence-electron chi connectivity index (χ4n) is 3.55. The van der Waals surface area contributed by atoms with Gasteiger partial charge < -0.3 is 10.6 Å². The van der Waals surface area contributed by atoms with Crippen LogP contribution in [0.25, 0.3) is 0 Å². The summed E-state index contributed by atoms with van der Waals surface area (Å²) in [5.41, 5.74) is 3.31. The van der Waals surface area contributed by atoms with Crippen molar-refractivity contribution in [2.75, 3.05) is 15.4 Å². The van der Waals surface area contributed by atoms with Crippen LogP contribution in [0.5, 0.6) is 0 Å². The maximum absolute atomic E-state index is 12.9. The molecule has 0 aliphatic carbocycles. The highest BCUT2D eigenvalue weighted by atomic mass is 32.2.